The van der Waals surface area contributed by atoms with Gasteiger partial charge in [-0.15, -0.1) is 0 Å². The van der Waals surface area contributed by atoms with E-state index in [1.165, 1.54) is 11.1 Å². The minimum atomic E-state index is -3.45. The number of benzene rings is 2. The molecule has 0 spiro atoms. The molecule has 0 radical (unpaired) electrons. The largest absolute Gasteiger partial charge is 0.240 e. The van der Waals surface area contributed by atoms with Crippen molar-refractivity contribution in [3.63, 3.8) is 0 Å². The minimum Gasteiger partial charge on any atom is -0.208 e. The van der Waals surface area contributed by atoms with E-state index in [4.69, 9.17) is 0 Å². The molecule has 1 N–H and O–H groups in total. The molecule has 4 heteroatoms. The van der Waals surface area contributed by atoms with E-state index in [9.17, 15) is 8.42 Å². The normalized spacial score (nSPS) is 12.9. The molecule has 2 rings (SSSR count). The number of rotatable bonds is 10. The lowest BCUT2D eigenvalue weighted by Gasteiger charge is -2.18. The van der Waals surface area contributed by atoms with E-state index in [0.717, 1.165) is 38.5 Å². The van der Waals surface area contributed by atoms with Crippen molar-refractivity contribution in [1.29, 1.82) is 0 Å². The Balaban J connectivity index is 1.98. The second kappa shape index (κ2) is 9.73. The summed E-state index contributed by atoms with van der Waals surface area (Å²) in [5.41, 5.74) is 2.63. The zero-order chi connectivity index (χ0) is 18.1. The van der Waals surface area contributed by atoms with Crippen molar-refractivity contribution < 1.29 is 8.42 Å². The Morgan fingerprint density at radius 1 is 0.800 bits per heavy atom. The standard InChI is InChI=1S/C21H29NO2S/c1-3-8-18-12-14-19(15-13-18)16-17-20(9-4-2)22-25(23,24)21-10-6-5-7-11-21/h5-7,10-15,20,22H,3-4,8-9,16-17H2,1-2H3. The van der Waals surface area contributed by atoms with Crippen molar-refractivity contribution in [2.24, 2.45) is 0 Å². The maximum absolute atomic E-state index is 12.5. The van der Waals surface area contributed by atoms with Crippen molar-refractivity contribution in [3.8, 4) is 0 Å². The Bertz CT molecular complexity index is 724. The second-order valence-corrected chi connectivity index (χ2v) is 8.24. The van der Waals surface area contributed by atoms with E-state index in [1.807, 2.05) is 6.07 Å². The van der Waals surface area contributed by atoms with E-state index in [0.29, 0.717) is 4.90 Å². The topological polar surface area (TPSA) is 46.2 Å². The molecule has 0 aromatic heterocycles. The van der Waals surface area contributed by atoms with E-state index in [1.54, 1.807) is 24.3 Å². The molecule has 0 amide bonds. The third-order valence-electron chi connectivity index (χ3n) is 4.36. The van der Waals surface area contributed by atoms with Crippen LogP contribution in [-0.2, 0) is 22.9 Å². The third-order valence-corrected chi connectivity index (χ3v) is 5.89. The van der Waals surface area contributed by atoms with Crippen LogP contribution >= 0.6 is 0 Å². The summed E-state index contributed by atoms with van der Waals surface area (Å²) < 4.78 is 28.0. The van der Waals surface area contributed by atoms with Crippen LogP contribution in [0.4, 0.5) is 0 Å². The van der Waals surface area contributed by atoms with Crippen molar-refractivity contribution >= 4 is 10.0 Å². The molecule has 25 heavy (non-hydrogen) atoms. The summed E-state index contributed by atoms with van der Waals surface area (Å²) in [4.78, 5) is 0.333. The molecule has 0 fully saturated rings. The van der Waals surface area contributed by atoms with Crippen LogP contribution in [0, 0.1) is 0 Å². The van der Waals surface area contributed by atoms with E-state index in [-0.39, 0.29) is 6.04 Å². The van der Waals surface area contributed by atoms with Gasteiger partial charge in [0.2, 0.25) is 10.0 Å². The summed E-state index contributed by atoms with van der Waals surface area (Å²) in [6.45, 7) is 4.27. The van der Waals surface area contributed by atoms with Gasteiger partial charge < -0.3 is 0 Å². The Morgan fingerprint density at radius 3 is 1.96 bits per heavy atom. The van der Waals surface area contributed by atoms with Crippen LogP contribution in [-0.4, -0.2) is 14.5 Å². The monoisotopic (exact) mass is 359 g/mol. The van der Waals surface area contributed by atoms with Crippen LogP contribution in [0.25, 0.3) is 0 Å². The second-order valence-electron chi connectivity index (χ2n) is 6.53. The summed E-state index contributed by atoms with van der Waals surface area (Å²) in [7, 11) is -3.45. The Kier molecular flexibility index (Phi) is 7.66. The maximum atomic E-state index is 12.5. The highest BCUT2D eigenvalue weighted by Crippen LogP contribution is 2.15. The predicted molar refractivity (Wildman–Crippen MR) is 104 cm³/mol. The van der Waals surface area contributed by atoms with E-state index >= 15 is 0 Å². The van der Waals surface area contributed by atoms with Crippen molar-refractivity contribution in [3.05, 3.63) is 65.7 Å². The Hall–Kier alpha value is -1.65. The summed E-state index contributed by atoms with van der Waals surface area (Å²) in [5.74, 6) is 0. The molecule has 3 nitrogen and oxygen atoms in total. The summed E-state index contributed by atoms with van der Waals surface area (Å²) in [6.07, 6.45) is 5.76. The summed E-state index contributed by atoms with van der Waals surface area (Å²) in [6, 6.07) is 17.3. The third kappa shape index (κ3) is 6.29. The van der Waals surface area contributed by atoms with Gasteiger partial charge in [-0.25, -0.2) is 13.1 Å². The van der Waals surface area contributed by atoms with Crippen molar-refractivity contribution in [2.75, 3.05) is 0 Å². The van der Waals surface area contributed by atoms with Gasteiger partial charge in [0.25, 0.3) is 0 Å². The van der Waals surface area contributed by atoms with Gasteiger partial charge in [0.15, 0.2) is 0 Å². The first-order chi connectivity index (χ1) is 12.0. The van der Waals surface area contributed by atoms with Gasteiger partial charge in [-0.1, -0.05) is 69.2 Å². The number of sulfonamides is 1. The lowest BCUT2D eigenvalue weighted by Crippen LogP contribution is -2.35. The maximum Gasteiger partial charge on any atom is 0.240 e. The Morgan fingerprint density at radius 2 is 1.40 bits per heavy atom. The van der Waals surface area contributed by atoms with Gasteiger partial charge in [-0.3, -0.25) is 0 Å². The average Bonchev–Trinajstić information content (AvgIpc) is 2.62. The average molecular weight is 360 g/mol. The smallest absolute Gasteiger partial charge is 0.208 e. The van der Waals surface area contributed by atoms with Gasteiger partial charge in [0.05, 0.1) is 4.90 Å². The highest BCUT2D eigenvalue weighted by Gasteiger charge is 2.19. The fraction of sp³-hybridized carbons (Fsp3) is 0.429. The fourth-order valence-electron chi connectivity index (χ4n) is 3.00. The first kappa shape index (κ1) is 19.7. The van der Waals surface area contributed by atoms with Gasteiger partial charge in [-0.05, 0) is 48.9 Å². The molecule has 0 aliphatic rings. The molecule has 0 bridgehead atoms. The van der Waals surface area contributed by atoms with Crippen molar-refractivity contribution in [1.82, 2.24) is 4.72 Å². The Labute approximate surface area is 152 Å². The van der Waals surface area contributed by atoms with Crippen LogP contribution in [0.5, 0.6) is 0 Å². The predicted octanol–water partition coefficient (Wildman–Crippen LogP) is 4.72. The quantitative estimate of drug-likeness (QED) is 0.667. The molecule has 0 heterocycles. The zero-order valence-corrected chi connectivity index (χ0v) is 16.1. The van der Waals surface area contributed by atoms with Crippen molar-refractivity contribution in [2.45, 2.75) is 63.3 Å². The SMILES string of the molecule is CCCc1ccc(CCC(CCC)NS(=O)(=O)c2ccccc2)cc1. The lowest BCUT2D eigenvalue weighted by molar-refractivity contribution is 0.498. The van der Waals surface area contributed by atoms with Crippen LogP contribution < -0.4 is 4.72 Å². The molecule has 2 aromatic carbocycles. The fourth-order valence-corrected chi connectivity index (χ4v) is 4.33. The molecule has 0 saturated carbocycles. The van der Waals surface area contributed by atoms with Gasteiger partial charge >= 0.3 is 0 Å². The van der Waals surface area contributed by atoms with Crippen LogP contribution in [0.15, 0.2) is 59.5 Å². The molecule has 2 aromatic rings. The summed E-state index contributed by atoms with van der Waals surface area (Å²) in [5, 5.41) is 0. The highest BCUT2D eigenvalue weighted by molar-refractivity contribution is 7.89. The molecule has 1 atom stereocenters. The molecule has 1 unspecified atom stereocenters. The van der Waals surface area contributed by atoms with Crippen LogP contribution in [0.2, 0.25) is 0 Å². The van der Waals surface area contributed by atoms with Gasteiger partial charge in [-0.2, -0.15) is 0 Å². The first-order valence-electron chi connectivity index (χ1n) is 9.20. The number of aryl methyl sites for hydroxylation is 2. The molecule has 0 aliphatic heterocycles. The molecular formula is C21H29NO2S. The lowest BCUT2D eigenvalue weighted by atomic mass is 10.0. The molecule has 0 saturated heterocycles. The summed E-state index contributed by atoms with van der Waals surface area (Å²) >= 11 is 0. The number of nitrogens with one attached hydrogen (secondary N) is 1. The minimum absolute atomic E-state index is 0.0366. The van der Waals surface area contributed by atoms with E-state index in [2.05, 4.69) is 42.8 Å². The van der Waals surface area contributed by atoms with Crippen LogP contribution in [0.1, 0.15) is 50.7 Å². The van der Waals surface area contributed by atoms with E-state index < -0.39 is 10.0 Å². The number of hydrogen-bond donors (Lipinski definition) is 1. The zero-order valence-electron chi connectivity index (χ0n) is 15.2. The molecule has 136 valence electrons. The first-order valence-corrected chi connectivity index (χ1v) is 10.7. The number of hydrogen-bond acceptors (Lipinski definition) is 2. The van der Waals surface area contributed by atoms with Gasteiger partial charge in [0.1, 0.15) is 0 Å². The van der Waals surface area contributed by atoms with Crippen LogP contribution in [0.3, 0.4) is 0 Å². The molecule has 0 aliphatic carbocycles. The van der Waals surface area contributed by atoms with Gasteiger partial charge in [0, 0.05) is 6.04 Å². The molecular weight excluding hydrogens is 330 g/mol. The highest BCUT2D eigenvalue weighted by atomic mass is 32.2.